The summed E-state index contributed by atoms with van der Waals surface area (Å²) in [5.74, 6) is -0.267. The minimum absolute atomic E-state index is 0.161. The molecule has 0 spiro atoms. The van der Waals surface area contributed by atoms with Gasteiger partial charge in [0.15, 0.2) is 0 Å². The lowest BCUT2D eigenvalue weighted by Gasteiger charge is -2.08. The molecule has 1 atom stereocenters. The van der Waals surface area contributed by atoms with Crippen molar-refractivity contribution in [2.75, 3.05) is 19.6 Å². The number of hydrogen-bond acceptors (Lipinski definition) is 2. The predicted octanol–water partition coefficient (Wildman–Crippen LogP) is -1.56. The van der Waals surface area contributed by atoms with E-state index >= 15 is 0 Å². The highest BCUT2D eigenvalue weighted by molar-refractivity contribution is 5.79. The molecular formula is C6H12N3O. The second-order valence-corrected chi connectivity index (χ2v) is 2.37. The van der Waals surface area contributed by atoms with E-state index in [1.807, 2.05) is 0 Å². The first-order valence-electron chi connectivity index (χ1n) is 3.46. The molecule has 1 rings (SSSR count). The number of carbonyl (C=O) groups is 1. The first-order chi connectivity index (χ1) is 4.80. The highest BCUT2D eigenvalue weighted by atomic mass is 16.1. The van der Waals surface area contributed by atoms with Gasteiger partial charge in [0.05, 0.1) is 6.04 Å². The SMILES string of the molecule is NC(=O)C1CC[N]CCN1. The second kappa shape index (κ2) is 3.53. The highest BCUT2D eigenvalue weighted by Crippen LogP contribution is 1.92. The summed E-state index contributed by atoms with van der Waals surface area (Å²) in [6.45, 7) is 2.32. The van der Waals surface area contributed by atoms with E-state index in [1.165, 1.54) is 0 Å². The summed E-state index contributed by atoms with van der Waals surface area (Å²) in [6.07, 6.45) is 0.745. The van der Waals surface area contributed by atoms with Crippen molar-refractivity contribution in [2.24, 2.45) is 5.73 Å². The van der Waals surface area contributed by atoms with E-state index in [0.29, 0.717) is 0 Å². The Bertz CT molecular complexity index is 118. The monoisotopic (exact) mass is 142 g/mol. The van der Waals surface area contributed by atoms with E-state index in [1.54, 1.807) is 0 Å². The van der Waals surface area contributed by atoms with Gasteiger partial charge >= 0.3 is 0 Å². The second-order valence-electron chi connectivity index (χ2n) is 2.37. The van der Waals surface area contributed by atoms with E-state index in [-0.39, 0.29) is 11.9 Å². The van der Waals surface area contributed by atoms with Crippen LogP contribution in [0.5, 0.6) is 0 Å². The maximum atomic E-state index is 10.6. The molecule has 1 unspecified atom stereocenters. The van der Waals surface area contributed by atoms with Gasteiger partial charge in [-0.25, -0.2) is 5.32 Å². The number of nitrogens with two attached hydrogens (primary N) is 1. The van der Waals surface area contributed by atoms with Crippen LogP contribution in [0.1, 0.15) is 6.42 Å². The molecule has 0 bridgehead atoms. The van der Waals surface area contributed by atoms with Crippen molar-refractivity contribution in [1.82, 2.24) is 10.6 Å². The quantitative estimate of drug-likeness (QED) is 0.465. The first-order valence-corrected chi connectivity index (χ1v) is 3.46. The molecule has 10 heavy (non-hydrogen) atoms. The molecule has 0 aromatic carbocycles. The number of nitrogens with zero attached hydrogens (tertiary/aromatic N) is 1. The van der Waals surface area contributed by atoms with E-state index in [0.717, 1.165) is 26.1 Å². The summed E-state index contributed by atoms with van der Waals surface area (Å²) in [6, 6.07) is -0.161. The minimum atomic E-state index is -0.267. The van der Waals surface area contributed by atoms with Crippen LogP contribution in [0.15, 0.2) is 0 Å². The molecule has 0 saturated carbocycles. The van der Waals surface area contributed by atoms with E-state index in [9.17, 15) is 4.79 Å². The third-order valence-electron chi connectivity index (χ3n) is 1.58. The summed E-state index contributed by atoms with van der Waals surface area (Å²) in [5, 5.41) is 7.15. The molecule has 1 aliphatic heterocycles. The molecule has 0 aromatic rings. The zero-order valence-electron chi connectivity index (χ0n) is 5.84. The van der Waals surface area contributed by atoms with Gasteiger partial charge in [-0.15, -0.1) is 0 Å². The fraction of sp³-hybridized carbons (Fsp3) is 0.833. The summed E-state index contributed by atoms with van der Waals surface area (Å²) in [4.78, 5) is 10.6. The van der Waals surface area contributed by atoms with Crippen molar-refractivity contribution in [3.8, 4) is 0 Å². The zero-order valence-corrected chi connectivity index (χ0v) is 5.84. The third-order valence-corrected chi connectivity index (χ3v) is 1.58. The molecule has 0 aromatic heterocycles. The number of hydrogen-bond donors (Lipinski definition) is 2. The largest absolute Gasteiger partial charge is 0.368 e. The lowest BCUT2D eigenvalue weighted by molar-refractivity contribution is -0.120. The van der Waals surface area contributed by atoms with Gasteiger partial charge in [0, 0.05) is 19.6 Å². The smallest absolute Gasteiger partial charge is 0.234 e. The Hall–Kier alpha value is -0.610. The van der Waals surface area contributed by atoms with E-state index in [4.69, 9.17) is 5.73 Å². The number of nitrogens with one attached hydrogen (secondary N) is 1. The van der Waals surface area contributed by atoms with Crippen LogP contribution in [0.25, 0.3) is 0 Å². The van der Waals surface area contributed by atoms with E-state index in [2.05, 4.69) is 10.6 Å². The number of amides is 1. The fourth-order valence-electron chi connectivity index (χ4n) is 0.995. The molecule has 1 heterocycles. The molecule has 3 N–H and O–H groups in total. The zero-order chi connectivity index (χ0) is 7.40. The number of rotatable bonds is 1. The fourth-order valence-corrected chi connectivity index (χ4v) is 0.995. The molecule has 1 radical (unpaired) electrons. The Labute approximate surface area is 60.2 Å². The lowest BCUT2D eigenvalue weighted by atomic mass is 10.2. The standard InChI is InChI=1S/C6H12N3O/c7-6(10)5-1-2-8-3-4-9-5/h5,9H,1-4H2,(H2,7,10). The van der Waals surface area contributed by atoms with Crippen LogP contribution in [0, 0.1) is 0 Å². The molecule has 1 amide bonds. The van der Waals surface area contributed by atoms with Crippen molar-refractivity contribution in [2.45, 2.75) is 12.5 Å². The normalized spacial score (nSPS) is 27.4. The summed E-state index contributed by atoms with van der Waals surface area (Å²) in [7, 11) is 0. The van der Waals surface area contributed by atoms with Gasteiger partial charge in [-0.2, -0.15) is 0 Å². The lowest BCUT2D eigenvalue weighted by Crippen LogP contribution is -2.41. The topological polar surface area (TPSA) is 69.2 Å². The van der Waals surface area contributed by atoms with Crippen LogP contribution in [-0.4, -0.2) is 31.6 Å². The van der Waals surface area contributed by atoms with E-state index < -0.39 is 0 Å². The van der Waals surface area contributed by atoms with Gasteiger partial charge in [-0.3, -0.25) is 4.79 Å². The van der Waals surface area contributed by atoms with Crippen LogP contribution in [0.3, 0.4) is 0 Å². The minimum Gasteiger partial charge on any atom is -0.368 e. The van der Waals surface area contributed by atoms with Crippen LogP contribution in [-0.2, 0) is 4.79 Å². The molecule has 4 heteroatoms. The van der Waals surface area contributed by atoms with Crippen LogP contribution >= 0.6 is 0 Å². The Morgan fingerprint density at radius 3 is 3.10 bits per heavy atom. The Morgan fingerprint density at radius 1 is 1.60 bits per heavy atom. The molecule has 0 aliphatic carbocycles. The molecular weight excluding hydrogens is 130 g/mol. The average Bonchev–Trinajstić information content (AvgIpc) is 2.12. The maximum Gasteiger partial charge on any atom is 0.234 e. The van der Waals surface area contributed by atoms with Crippen LogP contribution < -0.4 is 16.4 Å². The number of primary amides is 1. The van der Waals surface area contributed by atoms with Gasteiger partial charge in [0.25, 0.3) is 0 Å². The maximum absolute atomic E-state index is 10.6. The van der Waals surface area contributed by atoms with Gasteiger partial charge in [0.2, 0.25) is 5.91 Å². The van der Waals surface area contributed by atoms with Gasteiger partial charge < -0.3 is 11.1 Å². The van der Waals surface area contributed by atoms with Gasteiger partial charge in [-0.1, -0.05) is 0 Å². The summed E-state index contributed by atoms with van der Waals surface area (Å²) < 4.78 is 0. The highest BCUT2D eigenvalue weighted by Gasteiger charge is 2.15. The Balaban J connectivity index is 2.35. The van der Waals surface area contributed by atoms with Gasteiger partial charge in [0.1, 0.15) is 0 Å². The van der Waals surface area contributed by atoms with Crippen molar-refractivity contribution in [3.05, 3.63) is 0 Å². The third kappa shape index (κ3) is 1.97. The van der Waals surface area contributed by atoms with Crippen LogP contribution in [0.2, 0.25) is 0 Å². The predicted molar refractivity (Wildman–Crippen MR) is 37.5 cm³/mol. The number of carbonyl (C=O) groups excluding carboxylic acids is 1. The summed E-state index contributed by atoms with van der Waals surface area (Å²) >= 11 is 0. The molecule has 1 aliphatic rings. The Kier molecular flexibility index (Phi) is 2.65. The summed E-state index contributed by atoms with van der Waals surface area (Å²) in [5.41, 5.74) is 5.09. The molecule has 4 nitrogen and oxygen atoms in total. The van der Waals surface area contributed by atoms with Crippen molar-refractivity contribution in [1.29, 1.82) is 0 Å². The first kappa shape index (κ1) is 7.50. The van der Waals surface area contributed by atoms with Gasteiger partial charge in [-0.05, 0) is 6.42 Å². The Morgan fingerprint density at radius 2 is 2.40 bits per heavy atom. The van der Waals surface area contributed by atoms with Crippen molar-refractivity contribution < 1.29 is 4.79 Å². The molecule has 1 saturated heterocycles. The molecule has 57 valence electrons. The molecule has 1 fully saturated rings. The average molecular weight is 142 g/mol. The van der Waals surface area contributed by atoms with Crippen LogP contribution in [0.4, 0.5) is 0 Å². The van der Waals surface area contributed by atoms with Crippen molar-refractivity contribution in [3.63, 3.8) is 0 Å². The van der Waals surface area contributed by atoms with Crippen molar-refractivity contribution >= 4 is 5.91 Å².